The minimum Gasteiger partial charge on any atom is -0.481 e. The smallest absolute Gasteiger partial charge is 0.303 e. The van der Waals surface area contributed by atoms with Crippen molar-refractivity contribution < 1.29 is 9.90 Å². The number of carboxylic acids is 1. The Bertz CT molecular complexity index is 354. The van der Waals surface area contributed by atoms with E-state index >= 15 is 0 Å². The summed E-state index contributed by atoms with van der Waals surface area (Å²) in [5.74, 6) is -0.604. The van der Waals surface area contributed by atoms with E-state index in [2.05, 4.69) is 37.4 Å². The van der Waals surface area contributed by atoms with Crippen LogP contribution in [0.5, 0.6) is 0 Å². The lowest BCUT2D eigenvalue weighted by molar-refractivity contribution is -0.137. The van der Waals surface area contributed by atoms with Gasteiger partial charge >= 0.3 is 5.97 Å². The van der Waals surface area contributed by atoms with Crippen LogP contribution in [0.1, 0.15) is 24.5 Å². The van der Waals surface area contributed by atoms with Gasteiger partial charge in [0.05, 0.1) is 0 Å². The molecule has 88 valence electrons. The van der Waals surface area contributed by atoms with Gasteiger partial charge in [-0.15, -0.1) is 0 Å². The van der Waals surface area contributed by atoms with E-state index in [-0.39, 0.29) is 12.3 Å². The number of hydrogen-bond acceptors (Lipinski definition) is 2. The van der Waals surface area contributed by atoms with Crippen LogP contribution < -0.4 is 5.32 Å². The number of rotatable bonds is 5. The molecular weight excluding hydrogens is 202 g/mol. The van der Waals surface area contributed by atoms with Crippen LogP contribution >= 0.6 is 0 Å². The van der Waals surface area contributed by atoms with Crippen molar-refractivity contribution in [3.8, 4) is 0 Å². The average Bonchev–Trinajstić information content (AvgIpc) is 2.12. The first-order valence-corrected chi connectivity index (χ1v) is 5.51. The van der Waals surface area contributed by atoms with Crippen molar-refractivity contribution in [1.82, 2.24) is 0 Å². The molecule has 1 unspecified atom stereocenters. The van der Waals surface area contributed by atoms with E-state index < -0.39 is 5.97 Å². The average molecular weight is 221 g/mol. The summed E-state index contributed by atoms with van der Waals surface area (Å²) < 4.78 is 0. The molecule has 1 atom stereocenters. The molecule has 0 fully saturated rings. The maximum atomic E-state index is 10.5. The van der Waals surface area contributed by atoms with Crippen LogP contribution in [0.25, 0.3) is 0 Å². The van der Waals surface area contributed by atoms with Gasteiger partial charge in [0.25, 0.3) is 0 Å². The molecule has 0 saturated heterocycles. The van der Waals surface area contributed by atoms with Gasteiger partial charge < -0.3 is 10.4 Å². The highest BCUT2D eigenvalue weighted by molar-refractivity contribution is 5.67. The highest BCUT2D eigenvalue weighted by Gasteiger charge is 2.07. The number of aryl methyl sites for hydroxylation is 2. The summed E-state index contributed by atoms with van der Waals surface area (Å²) in [6, 6.07) is 6.26. The molecule has 0 radical (unpaired) electrons. The Kier molecular flexibility index (Phi) is 4.35. The highest BCUT2D eigenvalue weighted by Crippen LogP contribution is 2.14. The number of benzene rings is 1. The summed E-state index contributed by atoms with van der Waals surface area (Å²) in [4.78, 5) is 10.5. The fraction of sp³-hybridized carbons (Fsp3) is 0.462. The summed E-state index contributed by atoms with van der Waals surface area (Å²) in [6.45, 7) is 6.73. The van der Waals surface area contributed by atoms with E-state index in [1.54, 1.807) is 0 Å². The standard InChI is InChI=1S/C13H19NO2/c1-9-4-10(2)6-12(5-9)14-8-11(3)7-13(15)16/h4-6,11,14H,7-8H2,1-3H3,(H,15,16). The van der Waals surface area contributed by atoms with Crippen LogP contribution in [0.2, 0.25) is 0 Å². The molecule has 0 aliphatic rings. The summed E-state index contributed by atoms with van der Waals surface area (Å²) in [5, 5.41) is 11.9. The number of anilines is 1. The number of aliphatic carboxylic acids is 1. The Morgan fingerprint density at radius 2 is 1.88 bits per heavy atom. The molecule has 0 aliphatic carbocycles. The van der Waals surface area contributed by atoms with E-state index in [0.29, 0.717) is 6.54 Å². The minimum absolute atomic E-state index is 0.137. The quantitative estimate of drug-likeness (QED) is 0.803. The lowest BCUT2D eigenvalue weighted by atomic mass is 10.1. The molecule has 0 bridgehead atoms. The molecule has 0 amide bonds. The van der Waals surface area contributed by atoms with E-state index in [9.17, 15) is 4.79 Å². The number of nitrogens with one attached hydrogen (secondary N) is 1. The van der Waals surface area contributed by atoms with E-state index in [4.69, 9.17) is 5.11 Å². The molecule has 2 N–H and O–H groups in total. The Labute approximate surface area is 96.5 Å². The zero-order valence-electron chi connectivity index (χ0n) is 10.1. The van der Waals surface area contributed by atoms with Gasteiger partial charge in [-0.3, -0.25) is 4.79 Å². The Morgan fingerprint density at radius 1 is 1.31 bits per heavy atom. The summed E-state index contributed by atoms with van der Waals surface area (Å²) >= 11 is 0. The van der Waals surface area contributed by atoms with Gasteiger partial charge in [0, 0.05) is 18.7 Å². The van der Waals surface area contributed by atoms with Crippen LogP contribution in [0.3, 0.4) is 0 Å². The van der Waals surface area contributed by atoms with Gasteiger partial charge in [-0.25, -0.2) is 0 Å². The van der Waals surface area contributed by atoms with Crippen molar-refractivity contribution in [2.24, 2.45) is 5.92 Å². The van der Waals surface area contributed by atoms with Crippen LogP contribution in [-0.2, 0) is 4.79 Å². The SMILES string of the molecule is Cc1cc(C)cc(NCC(C)CC(=O)O)c1. The molecule has 1 aromatic rings. The Hall–Kier alpha value is -1.51. The van der Waals surface area contributed by atoms with Crippen molar-refractivity contribution in [2.45, 2.75) is 27.2 Å². The maximum Gasteiger partial charge on any atom is 0.303 e. The fourth-order valence-corrected chi connectivity index (χ4v) is 1.74. The second-order valence-corrected chi connectivity index (χ2v) is 4.46. The molecule has 0 aromatic heterocycles. The van der Waals surface area contributed by atoms with Crippen molar-refractivity contribution in [3.63, 3.8) is 0 Å². The number of carbonyl (C=O) groups is 1. The zero-order chi connectivity index (χ0) is 12.1. The summed E-state index contributed by atoms with van der Waals surface area (Å²) in [5.41, 5.74) is 3.50. The highest BCUT2D eigenvalue weighted by atomic mass is 16.4. The van der Waals surface area contributed by atoms with Gasteiger partial charge in [-0.05, 0) is 43.0 Å². The van der Waals surface area contributed by atoms with E-state index in [1.165, 1.54) is 11.1 Å². The predicted octanol–water partition coefficient (Wildman–Crippen LogP) is 2.83. The zero-order valence-corrected chi connectivity index (χ0v) is 10.1. The van der Waals surface area contributed by atoms with E-state index in [0.717, 1.165) is 5.69 Å². The lowest BCUT2D eigenvalue weighted by Gasteiger charge is -2.12. The Morgan fingerprint density at radius 3 is 2.38 bits per heavy atom. The fourth-order valence-electron chi connectivity index (χ4n) is 1.74. The molecule has 16 heavy (non-hydrogen) atoms. The largest absolute Gasteiger partial charge is 0.481 e. The first kappa shape index (κ1) is 12.6. The molecule has 0 spiro atoms. The van der Waals surface area contributed by atoms with Crippen LogP contribution in [0.4, 0.5) is 5.69 Å². The molecule has 0 aliphatic heterocycles. The number of hydrogen-bond donors (Lipinski definition) is 2. The van der Waals surface area contributed by atoms with Gasteiger partial charge in [0.2, 0.25) is 0 Å². The van der Waals surface area contributed by atoms with Crippen molar-refractivity contribution in [2.75, 3.05) is 11.9 Å². The molecule has 0 saturated carbocycles. The van der Waals surface area contributed by atoms with Crippen molar-refractivity contribution >= 4 is 11.7 Å². The maximum absolute atomic E-state index is 10.5. The predicted molar refractivity (Wildman–Crippen MR) is 65.8 cm³/mol. The third-order valence-corrected chi connectivity index (χ3v) is 2.40. The monoisotopic (exact) mass is 221 g/mol. The minimum atomic E-state index is -0.741. The van der Waals surface area contributed by atoms with E-state index in [1.807, 2.05) is 6.92 Å². The third-order valence-electron chi connectivity index (χ3n) is 2.40. The first-order chi connectivity index (χ1) is 7.47. The molecular formula is C13H19NO2. The van der Waals surface area contributed by atoms with Crippen molar-refractivity contribution in [1.29, 1.82) is 0 Å². The van der Waals surface area contributed by atoms with Crippen LogP contribution in [0, 0.1) is 19.8 Å². The van der Waals surface area contributed by atoms with Gasteiger partial charge in [-0.2, -0.15) is 0 Å². The Balaban J connectivity index is 2.51. The topological polar surface area (TPSA) is 49.3 Å². The molecule has 3 heteroatoms. The first-order valence-electron chi connectivity index (χ1n) is 5.51. The van der Waals surface area contributed by atoms with Gasteiger partial charge in [-0.1, -0.05) is 13.0 Å². The molecule has 3 nitrogen and oxygen atoms in total. The van der Waals surface area contributed by atoms with Gasteiger partial charge in [0.1, 0.15) is 0 Å². The third kappa shape index (κ3) is 4.34. The molecule has 1 rings (SSSR count). The summed E-state index contributed by atoms with van der Waals surface area (Å²) in [6.07, 6.45) is 0.206. The summed E-state index contributed by atoms with van der Waals surface area (Å²) in [7, 11) is 0. The molecule has 0 heterocycles. The van der Waals surface area contributed by atoms with Crippen molar-refractivity contribution in [3.05, 3.63) is 29.3 Å². The second-order valence-electron chi connectivity index (χ2n) is 4.46. The number of carboxylic acid groups (broad SMARTS) is 1. The molecule has 1 aromatic carbocycles. The second kappa shape index (κ2) is 5.54. The lowest BCUT2D eigenvalue weighted by Crippen LogP contribution is -2.15. The normalized spacial score (nSPS) is 12.2. The van der Waals surface area contributed by atoms with Gasteiger partial charge in [0.15, 0.2) is 0 Å². The van der Waals surface area contributed by atoms with Crippen LogP contribution in [0.15, 0.2) is 18.2 Å². The van der Waals surface area contributed by atoms with Crippen LogP contribution in [-0.4, -0.2) is 17.6 Å².